The number of ether oxygens (including phenoxy) is 1. The first-order valence-corrected chi connectivity index (χ1v) is 8.60. The second kappa shape index (κ2) is 7.76. The Bertz CT molecular complexity index is 789. The number of carbonyl (C=O) groups is 1. The Kier molecular flexibility index (Phi) is 5.44. The van der Waals surface area contributed by atoms with E-state index in [0.29, 0.717) is 6.54 Å². The molecule has 0 fully saturated rings. The van der Waals surface area contributed by atoms with Crippen LogP contribution in [-0.2, 0) is 13.0 Å². The lowest BCUT2D eigenvalue weighted by Gasteiger charge is -2.27. The summed E-state index contributed by atoms with van der Waals surface area (Å²) in [6.07, 6.45) is 2.46. The lowest BCUT2D eigenvalue weighted by molar-refractivity contribution is -0.0499. The fraction of sp³-hybridized carbons (Fsp3) is 0.421. The van der Waals surface area contributed by atoms with Gasteiger partial charge in [0.05, 0.1) is 6.04 Å². The Morgan fingerprint density at radius 2 is 2.15 bits per heavy atom. The molecule has 0 saturated heterocycles. The molecule has 0 radical (unpaired) electrons. The number of halogens is 2. The van der Waals surface area contributed by atoms with Gasteiger partial charge in [-0.15, -0.1) is 0 Å². The van der Waals surface area contributed by atoms with Crippen molar-refractivity contribution in [1.29, 1.82) is 0 Å². The maximum atomic E-state index is 12.4. The second-order valence-corrected chi connectivity index (χ2v) is 6.45. The van der Waals surface area contributed by atoms with Gasteiger partial charge in [-0.3, -0.25) is 0 Å². The number of nitrogens with one attached hydrogen (secondary N) is 2. The molecule has 1 heterocycles. The van der Waals surface area contributed by atoms with Gasteiger partial charge < -0.3 is 19.8 Å². The fourth-order valence-electron chi connectivity index (χ4n) is 3.36. The lowest BCUT2D eigenvalue weighted by atomic mass is 9.87. The molecule has 0 saturated carbocycles. The fourth-order valence-corrected chi connectivity index (χ4v) is 3.36. The van der Waals surface area contributed by atoms with E-state index in [4.69, 9.17) is 4.42 Å². The zero-order chi connectivity index (χ0) is 18.7. The van der Waals surface area contributed by atoms with Crippen LogP contribution in [0.15, 0.2) is 28.7 Å². The summed E-state index contributed by atoms with van der Waals surface area (Å²) in [6.45, 7) is 1.27. The number of aryl methyl sites for hydroxylation is 3. The molecule has 1 aliphatic rings. The molecule has 140 valence electrons. The van der Waals surface area contributed by atoms with Gasteiger partial charge in [0.15, 0.2) is 0 Å². The summed E-state index contributed by atoms with van der Waals surface area (Å²) >= 11 is 0. The van der Waals surface area contributed by atoms with Gasteiger partial charge in [0, 0.05) is 12.1 Å². The highest BCUT2D eigenvalue weighted by molar-refractivity contribution is 5.74. The van der Waals surface area contributed by atoms with Gasteiger partial charge in [-0.25, -0.2) is 4.79 Å². The Morgan fingerprint density at radius 3 is 2.85 bits per heavy atom. The van der Waals surface area contributed by atoms with Crippen molar-refractivity contribution in [3.8, 4) is 5.75 Å². The monoisotopic (exact) mass is 364 g/mol. The van der Waals surface area contributed by atoms with Crippen molar-refractivity contribution in [3.63, 3.8) is 0 Å². The molecule has 1 aliphatic carbocycles. The largest absolute Gasteiger partial charge is 0.466 e. The van der Waals surface area contributed by atoms with Crippen LogP contribution in [0.1, 0.15) is 47.1 Å². The topological polar surface area (TPSA) is 63.5 Å². The molecule has 0 spiro atoms. The average molecular weight is 364 g/mol. The smallest absolute Gasteiger partial charge is 0.387 e. The third-order valence-corrected chi connectivity index (χ3v) is 4.54. The van der Waals surface area contributed by atoms with E-state index in [9.17, 15) is 13.6 Å². The molecule has 2 aromatic rings. The first-order valence-electron chi connectivity index (χ1n) is 8.60. The number of fused-ring (bicyclic) bond motifs is 1. The molecule has 2 N–H and O–H groups in total. The predicted octanol–water partition coefficient (Wildman–Crippen LogP) is 4.37. The first-order chi connectivity index (χ1) is 12.4. The second-order valence-electron chi connectivity index (χ2n) is 6.45. The van der Waals surface area contributed by atoms with Crippen LogP contribution < -0.4 is 15.4 Å². The van der Waals surface area contributed by atoms with Crippen LogP contribution in [0.2, 0.25) is 0 Å². The number of urea groups is 1. The number of rotatable bonds is 5. The summed E-state index contributed by atoms with van der Waals surface area (Å²) in [7, 11) is 0. The van der Waals surface area contributed by atoms with Gasteiger partial charge in [0.1, 0.15) is 17.3 Å². The molecule has 3 rings (SSSR count). The van der Waals surface area contributed by atoms with E-state index in [0.717, 1.165) is 47.5 Å². The molecule has 26 heavy (non-hydrogen) atoms. The molecule has 5 nitrogen and oxygen atoms in total. The molecule has 2 amide bonds. The van der Waals surface area contributed by atoms with Crippen molar-refractivity contribution in [1.82, 2.24) is 10.6 Å². The molecular formula is C19H22F2N2O3. The Morgan fingerprint density at radius 1 is 1.35 bits per heavy atom. The Balaban J connectivity index is 1.62. The van der Waals surface area contributed by atoms with Crippen molar-refractivity contribution < 1.29 is 22.7 Å². The molecule has 0 aliphatic heterocycles. The van der Waals surface area contributed by atoms with Crippen molar-refractivity contribution in [2.24, 2.45) is 0 Å². The van der Waals surface area contributed by atoms with E-state index in [1.807, 2.05) is 19.9 Å². The minimum Gasteiger partial charge on any atom is -0.466 e. The summed E-state index contributed by atoms with van der Waals surface area (Å²) in [5, 5.41) is 5.80. The standard InChI is InChI=1S/C19H22F2N2O3/c1-11-8-14(12(2)25-11)10-22-19(24)23-17-5-3-4-13-9-15(26-18(20)21)6-7-16(13)17/h6-9,17-18H,3-5,10H2,1-2H3,(H2,22,23,24). The van der Waals surface area contributed by atoms with Crippen LogP contribution in [0.5, 0.6) is 5.75 Å². The summed E-state index contributed by atoms with van der Waals surface area (Å²) in [6, 6.07) is 6.38. The van der Waals surface area contributed by atoms with E-state index in [-0.39, 0.29) is 17.8 Å². The third-order valence-electron chi connectivity index (χ3n) is 4.54. The predicted molar refractivity (Wildman–Crippen MR) is 92.3 cm³/mol. The number of carbonyl (C=O) groups excluding carboxylic acids is 1. The van der Waals surface area contributed by atoms with E-state index in [1.165, 1.54) is 6.07 Å². The van der Waals surface area contributed by atoms with E-state index in [2.05, 4.69) is 15.4 Å². The van der Waals surface area contributed by atoms with E-state index >= 15 is 0 Å². The highest BCUT2D eigenvalue weighted by Gasteiger charge is 2.22. The summed E-state index contributed by atoms with van der Waals surface area (Å²) in [5.74, 6) is 1.75. The van der Waals surface area contributed by atoms with Gasteiger partial charge in [0.25, 0.3) is 0 Å². The van der Waals surface area contributed by atoms with E-state index < -0.39 is 6.61 Å². The Labute approximate surface area is 150 Å². The van der Waals surface area contributed by atoms with Crippen LogP contribution in [0.3, 0.4) is 0 Å². The van der Waals surface area contributed by atoms with Gasteiger partial charge in [-0.1, -0.05) is 6.07 Å². The quantitative estimate of drug-likeness (QED) is 0.828. The van der Waals surface area contributed by atoms with Gasteiger partial charge in [-0.05, 0) is 62.4 Å². The third kappa shape index (κ3) is 4.33. The normalized spacial score (nSPS) is 16.3. The van der Waals surface area contributed by atoms with Crippen molar-refractivity contribution >= 4 is 6.03 Å². The summed E-state index contributed by atoms with van der Waals surface area (Å²) in [4.78, 5) is 12.2. The molecular weight excluding hydrogens is 342 g/mol. The van der Waals surface area contributed by atoms with Gasteiger partial charge in [0.2, 0.25) is 0 Å². The minimum absolute atomic E-state index is 0.147. The van der Waals surface area contributed by atoms with Gasteiger partial charge >= 0.3 is 12.6 Å². The average Bonchev–Trinajstić information content (AvgIpc) is 2.90. The van der Waals surface area contributed by atoms with Crippen LogP contribution >= 0.6 is 0 Å². The first kappa shape index (κ1) is 18.2. The van der Waals surface area contributed by atoms with Crippen LogP contribution in [-0.4, -0.2) is 12.6 Å². The van der Waals surface area contributed by atoms with Crippen molar-refractivity contribution in [3.05, 3.63) is 52.5 Å². The molecule has 0 bridgehead atoms. The molecule has 1 atom stereocenters. The van der Waals surface area contributed by atoms with Crippen molar-refractivity contribution in [2.45, 2.75) is 52.3 Å². The number of alkyl halides is 2. The van der Waals surface area contributed by atoms with Crippen LogP contribution in [0, 0.1) is 13.8 Å². The summed E-state index contributed by atoms with van der Waals surface area (Å²) in [5.41, 5.74) is 2.82. The highest BCUT2D eigenvalue weighted by atomic mass is 19.3. The molecule has 1 aromatic carbocycles. The SMILES string of the molecule is Cc1cc(CNC(=O)NC2CCCc3cc(OC(F)F)ccc32)c(C)o1. The van der Waals surface area contributed by atoms with Crippen LogP contribution in [0.4, 0.5) is 13.6 Å². The summed E-state index contributed by atoms with van der Waals surface area (Å²) < 4.78 is 34.6. The minimum atomic E-state index is -2.84. The zero-order valence-electron chi connectivity index (χ0n) is 14.8. The van der Waals surface area contributed by atoms with Crippen LogP contribution in [0.25, 0.3) is 0 Å². The number of benzene rings is 1. The molecule has 1 aromatic heterocycles. The number of amides is 2. The lowest BCUT2D eigenvalue weighted by Crippen LogP contribution is -2.38. The maximum absolute atomic E-state index is 12.4. The molecule has 7 heteroatoms. The molecule has 1 unspecified atom stereocenters. The van der Waals surface area contributed by atoms with E-state index in [1.54, 1.807) is 12.1 Å². The highest BCUT2D eigenvalue weighted by Crippen LogP contribution is 2.32. The zero-order valence-corrected chi connectivity index (χ0v) is 14.8. The number of furan rings is 1. The maximum Gasteiger partial charge on any atom is 0.387 e. The number of hydrogen-bond acceptors (Lipinski definition) is 3. The Hall–Kier alpha value is -2.57. The van der Waals surface area contributed by atoms with Crippen molar-refractivity contribution in [2.75, 3.05) is 0 Å². The number of hydrogen-bond donors (Lipinski definition) is 2. The van der Waals surface area contributed by atoms with Gasteiger partial charge in [-0.2, -0.15) is 8.78 Å².